The van der Waals surface area contributed by atoms with E-state index in [9.17, 15) is 4.79 Å². The molecule has 1 saturated carbocycles. The summed E-state index contributed by atoms with van der Waals surface area (Å²) in [6, 6.07) is 9.77. The highest BCUT2D eigenvalue weighted by atomic mass is 16.2. The van der Waals surface area contributed by atoms with E-state index >= 15 is 0 Å². The minimum absolute atomic E-state index is 0.00402. The number of hydrogen-bond acceptors (Lipinski definition) is 2. The van der Waals surface area contributed by atoms with Crippen LogP contribution in [0.15, 0.2) is 30.3 Å². The molecule has 1 aromatic rings. The topological polar surface area (TPSA) is 55.1 Å². The van der Waals surface area contributed by atoms with Gasteiger partial charge in [-0.15, -0.1) is 0 Å². The summed E-state index contributed by atoms with van der Waals surface area (Å²) in [7, 11) is 0. The van der Waals surface area contributed by atoms with Crippen molar-refractivity contribution in [2.45, 2.75) is 45.1 Å². The van der Waals surface area contributed by atoms with Crippen LogP contribution in [0.1, 0.15) is 38.2 Å². The molecule has 104 valence electrons. The summed E-state index contributed by atoms with van der Waals surface area (Å²) >= 11 is 0. The van der Waals surface area contributed by atoms with E-state index in [4.69, 9.17) is 5.73 Å². The van der Waals surface area contributed by atoms with Crippen LogP contribution in [0.2, 0.25) is 0 Å². The molecule has 1 aliphatic rings. The summed E-state index contributed by atoms with van der Waals surface area (Å²) in [5, 5.41) is 3.01. The van der Waals surface area contributed by atoms with E-state index in [1.807, 2.05) is 18.2 Å². The maximum absolute atomic E-state index is 11.9. The molecule has 0 saturated heterocycles. The molecular weight excluding hydrogens is 236 g/mol. The highest BCUT2D eigenvalue weighted by Gasteiger charge is 2.40. The van der Waals surface area contributed by atoms with Gasteiger partial charge in [0.05, 0.1) is 6.04 Å². The number of rotatable bonds is 7. The Hall–Kier alpha value is -1.35. The molecule has 0 bridgehead atoms. The largest absolute Gasteiger partial charge is 0.354 e. The van der Waals surface area contributed by atoms with Gasteiger partial charge in [0.15, 0.2) is 0 Å². The summed E-state index contributed by atoms with van der Waals surface area (Å²) in [6.45, 7) is 2.98. The first kappa shape index (κ1) is 14.1. The zero-order chi connectivity index (χ0) is 13.7. The van der Waals surface area contributed by atoms with Crippen molar-refractivity contribution in [3.8, 4) is 0 Å². The van der Waals surface area contributed by atoms with Gasteiger partial charge in [0, 0.05) is 6.54 Å². The summed E-state index contributed by atoms with van der Waals surface area (Å²) in [5.41, 5.74) is 7.56. The lowest BCUT2D eigenvalue weighted by Crippen LogP contribution is -2.43. The van der Waals surface area contributed by atoms with Crippen molar-refractivity contribution in [2.75, 3.05) is 6.54 Å². The second-order valence-electron chi connectivity index (χ2n) is 5.70. The predicted molar refractivity (Wildman–Crippen MR) is 77.7 cm³/mol. The number of benzene rings is 1. The van der Waals surface area contributed by atoms with E-state index in [1.165, 1.54) is 18.4 Å². The predicted octanol–water partition coefficient (Wildman–Crippen LogP) is 2.25. The Kier molecular flexibility index (Phi) is 4.59. The van der Waals surface area contributed by atoms with E-state index in [0.29, 0.717) is 11.8 Å². The Morgan fingerprint density at radius 3 is 2.63 bits per heavy atom. The van der Waals surface area contributed by atoms with Crippen LogP contribution in [-0.2, 0) is 11.2 Å². The molecule has 3 heteroatoms. The number of nitrogens with two attached hydrogens (primary N) is 1. The normalized spacial score (nSPS) is 17.8. The fourth-order valence-corrected chi connectivity index (χ4v) is 2.34. The zero-order valence-corrected chi connectivity index (χ0v) is 11.7. The number of amides is 1. The quantitative estimate of drug-likeness (QED) is 0.790. The number of hydrogen-bond donors (Lipinski definition) is 2. The fourth-order valence-electron chi connectivity index (χ4n) is 2.34. The van der Waals surface area contributed by atoms with Crippen LogP contribution in [0.25, 0.3) is 0 Å². The highest BCUT2D eigenvalue weighted by Crippen LogP contribution is 2.47. The molecule has 2 rings (SSSR count). The third kappa shape index (κ3) is 4.06. The molecule has 1 atom stereocenters. The third-order valence-electron chi connectivity index (χ3n) is 4.27. The molecular formula is C16H24N2O. The minimum atomic E-state index is -0.395. The minimum Gasteiger partial charge on any atom is -0.354 e. The lowest BCUT2D eigenvalue weighted by molar-refractivity contribution is -0.122. The van der Waals surface area contributed by atoms with Crippen LogP contribution in [0.3, 0.4) is 0 Å². The lowest BCUT2D eigenvalue weighted by Gasteiger charge is -2.16. The van der Waals surface area contributed by atoms with E-state index < -0.39 is 6.04 Å². The van der Waals surface area contributed by atoms with Gasteiger partial charge < -0.3 is 11.1 Å². The van der Waals surface area contributed by atoms with Crippen molar-refractivity contribution in [1.29, 1.82) is 0 Å². The summed E-state index contributed by atoms with van der Waals surface area (Å²) in [6.07, 6.45) is 5.18. The van der Waals surface area contributed by atoms with Gasteiger partial charge >= 0.3 is 0 Å². The Labute approximate surface area is 115 Å². The van der Waals surface area contributed by atoms with E-state index in [2.05, 4.69) is 24.4 Å². The van der Waals surface area contributed by atoms with E-state index in [1.54, 1.807) is 0 Å². The van der Waals surface area contributed by atoms with Crippen molar-refractivity contribution < 1.29 is 4.79 Å². The number of aryl methyl sites for hydroxylation is 1. The average molecular weight is 260 g/mol. The van der Waals surface area contributed by atoms with Gasteiger partial charge in [0.25, 0.3) is 0 Å². The highest BCUT2D eigenvalue weighted by molar-refractivity contribution is 5.81. The van der Waals surface area contributed by atoms with Gasteiger partial charge in [-0.3, -0.25) is 4.79 Å². The average Bonchev–Trinajstić information content (AvgIpc) is 3.24. The van der Waals surface area contributed by atoms with Gasteiger partial charge in [0.1, 0.15) is 0 Å². The van der Waals surface area contributed by atoms with Gasteiger partial charge in [-0.05, 0) is 43.1 Å². The van der Waals surface area contributed by atoms with Crippen molar-refractivity contribution in [1.82, 2.24) is 5.32 Å². The monoisotopic (exact) mass is 260 g/mol. The molecule has 19 heavy (non-hydrogen) atoms. The second kappa shape index (κ2) is 6.20. The van der Waals surface area contributed by atoms with Crippen molar-refractivity contribution in [3.63, 3.8) is 0 Å². The Bertz CT molecular complexity index is 412. The first-order valence-electron chi connectivity index (χ1n) is 7.22. The van der Waals surface area contributed by atoms with Crippen LogP contribution in [0.5, 0.6) is 0 Å². The molecule has 0 spiro atoms. The maximum atomic E-state index is 11.9. The molecule has 0 aliphatic heterocycles. The molecule has 0 aromatic heterocycles. The first-order chi connectivity index (χ1) is 9.15. The van der Waals surface area contributed by atoms with Crippen LogP contribution in [0, 0.1) is 5.41 Å². The molecule has 3 N–H and O–H groups in total. The molecule has 1 aromatic carbocycles. The Morgan fingerprint density at radius 2 is 2.05 bits per heavy atom. The molecule has 1 fully saturated rings. The standard InChI is InChI=1S/C16H24N2O/c1-2-16(10-11-16)12-18-15(19)14(17)9-8-13-6-4-3-5-7-13/h3-7,14H,2,8-12,17H2,1H3,(H,18,19). The molecule has 0 radical (unpaired) electrons. The Balaban J connectivity index is 1.70. The van der Waals surface area contributed by atoms with Crippen molar-refractivity contribution in [2.24, 2.45) is 11.1 Å². The number of nitrogens with one attached hydrogen (secondary N) is 1. The van der Waals surface area contributed by atoms with Crippen molar-refractivity contribution in [3.05, 3.63) is 35.9 Å². The molecule has 1 amide bonds. The zero-order valence-electron chi connectivity index (χ0n) is 11.7. The lowest BCUT2D eigenvalue weighted by atomic mass is 10.0. The van der Waals surface area contributed by atoms with Gasteiger partial charge in [-0.2, -0.15) is 0 Å². The van der Waals surface area contributed by atoms with Gasteiger partial charge in [-0.25, -0.2) is 0 Å². The van der Waals surface area contributed by atoms with Gasteiger partial charge in [0.2, 0.25) is 5.91 Å². The maximum Gasteiger partial charge on any atom is 0.236 e. The van der Waals surface area contributed by atoms with Gasteiger partial charge in [-0.1, -0.05) is 37.3 Å². The van der Waals surface area contributed by atoms with Crippen LogP contribution in [-0.4, -0.2) is 18.5 Å². The number of carbonyl (C=O) groups is 1. The summed E-state index contributed by atoms with van der Waals surface area (Å²) in [5.74, 6) is -0.00402. The van der Waals surface area contributed by atoms with Crippen LogP contribution in [0.4, 0.5) is 0 Å². The second-order valence-corrected chi connectivity index (χ2v) is 5.70. The van der Waals surface area contributed by atoms with Crippen molar-refractivity contribution >= 4 is 5.91 Å². The molecule has 3 nitrogen and oxygen atoms in total. The van der Waals surface area contributed by atoms with Crippen LogP contribution < -0.4 is 11.1 Å². The first-order valence-corrected chi connectivity index (χ1v) is 7.22. The third-order valence-corrected chi connectivity index (χ3v) is 4.27. The number of carbonyl (C=O) groups excluding carboxylic acids is 1. The van der Waals surface area contributed by atoms with E-state index in [-0.39, 0.29) is 5.91 Å². The molecule has 1 aliphatic carbocycles. The summed E-state index contributed by atoms with van der Waals surface area (Å²) < 4.78 is 0. The molecule has 0 heterocycles. The molecule has 1 unspecified atom stereocenters. The van der Waals surface area contributed by atoms with Crippen LogP contribution >= 0.6 is 0 Å². The summed E-state index contributed by atoms with van der Waals surface area (Å²) in [4.78, 5) is 11.9. The SMILES string of the molecule is CCC1(CNC(=O)C(N)CCc2ccccc2)CC1. The van der Waals surface area contributed by atoms with E-state index in [0.717, 1.165) is 19.4 Å². The smallest absolute Gasteiger partial charge is 0.236 e. The fraction of sp³-hybridized carbons (Fsp3) is 0.562. The Morgan fingerprint density at radius 1 is 1.37 bits per heavy atom.